The van der Waals surface area contributed by atoms with Crippen LogP contribution in [-0.2, 0) is 6.42 Å². The largest absolute Gasteiger partial charge is 0.493 e. The topological polar surface area (TPSA) is 155 Å². The van der Waals surface area contributed by atoms with E-state index in [0.29, 0.717) is 58.7 Å². The summed E-state index contributed by atoms with van der Waals surface area (Å²) in [5.41, 5.74) is 0.740. The second-order valence-corrected chi connectivity index (χ2v) is 10.2. The van der Waals surface area contributed by atoms with E-state index in [1.807, 2.05) is 13.8 Å². The molecule has 0 saturated carbocycles. The van der Waals surface area contributed by atoms with E-state index in [0.717, 1.165) is 0 Å². The van der Waals surface area contributed by atoms with E-state index in [9.17, 15) is 19.5 Å². The van der Waals surface area contributed by atoms with Gasteiger partial charge < -0.3 is 29.2 Å². The van der Waals surface area contributed by atoms with Crippen LogP contribution in [0.25, 0.3) is 10.9 Å². The lowest BCUT2D eigenvalue weighted by atomic mass is 9.91. The third-order valence-corrected chi connectivity index (χ3v) is 7.29. The Morgan fingerprint density at radius 1 is 1.05 bits per heavy atom. The number of ether oxygens (including phenoxy) is 3. The molecule has 0 bridgehead atoms. The Bertz CT molecular complexity index is 1720. The van der Waals surface area contributed by atoms with Gasteiger partial charge in [0.2, 0.25) is 5.88 Å². The Kier molecular flexibility index (Phi) is 8.16. The van der Waals surface area contributed by atoms with Gasteiger partial charge in [0.1, 0.15) is 23.5 Å². The first kappa shape index (κ1) is 28.7. The molecule has 0 fully saturated rings. The molecule has 1 aliphatic rings. The number of fused-ring (bicyclic) bond motifs is 2. The van der Waals surface area contributed by atoms with Crippen LogP contribution >= 0.6 is 0 Å². The summed E-state index contributed by atoms with van der Waals surface area (Å²) < 4.78 is 18.1. The molecule has 12 heteroatoms. The molecular formula is C30H31N5O7. The maximum Gasteiger partial charge on any atom is 0.264 e. The van der Waals surface area contributed by atoms with Gasteiger partial charge in [-0.3, -0.25) is 14.4 Å². The predicted molar refractivity (Wildman–Crippen MR) is 154 cm³/mol. The number of Topliss-reactive ketones (excluding diaryl/α,β-unsaturated/α-hetero) is 1. The minimum absolute atomic E-state index is 0.100. The van der Waals surface area contributed by atoms with Crippen LogP contribution in [0.15, 0.2) is 47.7 Å². The fraction of sp³-hybridized carbons (Fsp3) is 0.333. The van der Waals surface area contributed by atoms with Crippen molar-refractivity contribution in [3.05, 3.63) is 70.0 Å². The van der Waals surface area contributed by atoms with Crippen LogP contribution in [0.5, 0.6) is 23.1 Å². The Morgan fingerprint density at radius 3 is 2.48 bits per heavy atom. The molecule has 1 amide bonds. The Morgan fingerprint density at radius 2 is 1.81 bits per heavy atom. The van der Waals surface area contributed by atoms with Crippen molar-refractivity contribution in [3.63, 3.8) is 0 Å². The van der Waals surface area contributed by atoms with Crippen molar-refractivity contribution >= 4 is 28.4 Å². The molecule has 0 spiro atoms. The minimum Gasteiger partial charge on any atom is -0.493 e. The molecule has 1 atom stereocenters. The molecule has 5 rings (SSSR count). The normalized spacial score (nSPS) is 13.5. The number of nitrogens with one attached hydrogen (secondary N) is 1. The smallest absolute Gasteiger partial charge is 0.264 e. The number of methoxy groups -OCH3 is 2. The molecule has 0 aliphatic heterocycles. The van der Waals surface area contributed by atoms with Crippen molar-refractivity contribution in [2.45, 2.75) is 39.2 Å². The zero-order chi connectivity index (χ0) is 30.0. The number of nitrogens with zero attached hydrogens (tertiary/aromatic N) is 4. The third kappa shape index (κ3) is 5.40. The fourth-order valence-electron chi connectivity index (χ4n) is 5.07. The van der Waals surface area contributed by atoms with Crippen LogP contribution in [0.4, 0.5) is 5.82 Å². The molecule has 0 radical (unpaired) electrons. The first-order valence-corrected chi connectivity index (χ1v) is 13.5. The van der Waals surface area contributed by atoms with Gasteiger partial charge in [-0.1, -0.05) is 13.8 Å². The number of carbonyl (C=O) groups excluding carboxylic acids is 2. The summed E-state index contributed by atoms with van der Waals surface area (Å²) in [5.74, 6) is 0.840. The zero-order valence-electron chi connectivity index (χ0n) is 23.7. The number of hydrogen-bond acceptors (Lipinski definition) is 10. The Hall–Kier alpha value is -4.84. The number of rotatable bonds is 9. The second kappa shape index (κ2) is 12.0. The molecule has 218 valence electrons. The standard InChI is InChI=1S/C30H31N5O7/c1-16(2)23(14-36)35-22-6-5-7-24(37)19(22)10-20(30(35)39)28(38)34-27-9-8-17(13-31-27)42-29-18-11-25(40-3)26(41-4)12-21(18)32-15-33-29/h8-13,15-16,23,36H,5-7,14H2,1-4H3,(H,31,34,38)/t23-/m1/s1. The van der Waals surface area contributed by atoms with Crippen molar-refractivity contribution in [3.8, 4) is 23.1 Å². The van der Waals surface area contributed by atoms with Crippen LogP contribution in [0, 0.1) is 5.92 Å². The molecule has 1 aromatic carbocycles. The number of aromatic nitrogens is 4. The maximum absolute atomic E-state index is 13.5. The van der Waals surface area contributed by atoms with E-state index >= 15 is 0 Å². The van der Waals surface area contributed by atoms with Crippen LogP contribution in [0.3, 0.4) is 0 Å². The number of ketones is 1. The highest BCUT2D eigenvalue weighted by molar-refractivity contribution is 6.06. The molecule has 1 aliphatic carbocycles. The minimum atomic E-state index is -0.709. The van der Waals surface area contributed by atoms with Crippen LogP contribution in [0.1, 0.15) is 59.1 Å². The SMILES string of the molecule is COc1cc2ncnc(Oc3ccc(NC(=O)c4cc5c(n([C@H](CO)C(C)C)c4=O)CCCC5=O)nc3)c2cc1OC. The van der Waals surface area contributed by atoms with Gasteiger partial charge in [-0.15, -0.1) is 0 Å². The lowest BCUT2D eigenvalue weighted by Crippen LogP contribution is -2.39. The van der Waals surface area contributed by atoms with E-state index in [1.165, 1.54) is 43.4 Å². The van der Waals surface area contributed by atoms with Gasteiger partial charge in [-0.2, -0.15) is 0 Å². The number of hydrogen-bond donors (Lipinski definition) is 2. The average molecular weight is 574 g/mol. The van der Waals surface area contributed by atoms with Gasteiger partial charge in [0.15, 0.2) is 17.3 Å². The van der Waals surface area contributed by atoms with E-state index in [4.69, 9.17) is 14.2 Å². The number of aliphatic hydroxyl groups is 1. The summed E-state index contributed by atoms with van der Waals surface area (Å²) in [6.07, 6.45) is 4.23. The number of aliphatic hydroxyl groups excluding tert-OH is 1. The van der Waals surface area contributed by atoms with E-state index in [1.54, 1.807) is 18.2 Å². The van der Waals surface area contributed by atoms with Crippen molar-refractivity contribution in [1.29, 1.82) is 0 Å². The molecule has 3 aromatic heterocycles. The van der Waals surface area contributed by atoms with Crippen molar-refractivity contribution < 1.29 is 28.9 Å². The summed E-state index contributed by atoms with van der Waals surface area (Å²) in [7, 11) is 3.06. The van der Waals surface area contributed by atoms with Gasteiger partial charge in [0, 0.05) is 23.7 Å². The van der Waals surface area contributed by atoms with Crippen molar-refractivity contribution in [2.24, 2.45) is 5.92 Å². The highest BCUT2D eigenvalue weighted by atomic mass is 16.5. The van der Waals surface area contributed by atoms with E-state index < -0.39 is 17.5 Å². The molecule has 42 heavy (non-hydrogen) atoms. The first-order chi connectivity index (χ1) is 20.2. The molecular weight excluding hydrogens is 542 g/mol. The average Bonchev–Trinajstić information content (AvgIpc) is 2.98. The number of amides is 1. The van der Waals surface area contributed by atoms with Gasteiger partial charge in [0.25, 0.3) is 11.5 Å². The predicted octanol–water partition coefficient (Wildman–Crippen LogP) is 3.96. The maximum atomic E-state index is 13.5. The Balaban J connectivity index is 1.41. The van der Waals surface area contributed by atoms with Gasteiger partial charge in [-0.25, -0.2) is 15.0 Å². The quantitative estimate of drug-likeness (QED) is 0.301. The lowest BCUT2D eigenvalue weighted by Gasteiger charge is -2.28. The highest BCUT2D eigenvalue weighted by Gasteiger charge is 2.29. The van der Waals surface area contributed by atoms with E-state index in [-0.39, 0.29) is 35.6 Å². The van der Waals surface area contributed by atoms with Crippen LogP contribution < -0.4 is 25.1 Å². The summed E-state index contributed by atoms with van der Waals surface area (Å²) in [5, 5.41) is 13.3. The number of carbonyl (C=O) groups is 2. The first-order valence-electron chi connectivity index (χ1n) is 13.5. The number of benzene rings is 1. The number of anilines is 1. The van der Waals surface area contributed by atoms with E-state index in [2.05, 4.69) is 20.3 Å². The van der Waals surface area contributed by atoms with Crippen LogP contribution in [0.2, 0.25) is 0 Å². The summed E-state index contributed by atoms with van der Waals surface area (Å²) >= 11 is 0. The molecule has 0 saturated heterocycles. The summed E-state index contributed by atoms with van der Waals surface area (Å²) in [6.45, 7) is 3.46. The molecule has 12 nitrogen and oxygen atoms in total. The van der Waals surface area contributed by atoms with Gasteiger partial charge in [-0.05, 0) is 43.0 Å². The van der Waals surface area contributed by atoms with Crippen molar-refractivity contribution in [1.82, 2.24) is 19.5 Å². The van der Waals surface area contributed by atoms with Crippen molar-refractivity contribution in [2.75, 3.05) is 26.1 Å². The second-order valence-electron chi connectivity index (χ2n) is 10.2. The molecule has 4 aromatic rings. The monoisotopic (exact) mass is 573 g/mol. The van der Waals surface area contributed by atoms with Gasteiger partial charge in [0.05, 0.1) is 44.0 Å². The molecule has 0 unspecified atom stereocenters. The number of pyridine rings is 2. The summed E-state index contributed by atoms with van der Waals surface area (Å²) in [4.78, 5) is 52.3. The Labute approximate surface area is 241 Å². The van der Waals surface area contributed by atoms with Crippen LogP contribution in [-0.4, -0.2) is 57.1 Å². The zero-order valence-corrected chi connectivity index (χ0v) is 23.7. The molecule has 2 N–H and O–H groups in total. The summed E-state index contributed by atoms with van der Waals surface area (Å²) in [6, 6.07) is 7.33. The third-order valence-electron chi connectivity index (χ3n) is 7.29. The highest BCUT2D eigenvalue weighted by Crippen LogP contribution is 2.35. The molecule has 3 heterocycles. The van der Waals surface area contributed by atoms with Gasteiger partial charge >= 0.3 is 0 Å². The lowest BCUT2D eigenvalue weighted by molar-refractivity contribution is 0.0967. The fourth-order valence-corrected chi connectivity index (χ4v) is 5.07.